The molecule has 2 aliphatic rings. The summed E-state index contributed by atoms with van der Waals surface area (Å²) in [6, 6.07) is 0. The maximum atomic E-state index is 10.3. The molecule has 2 aliphatic carbocycles. The fourth-order valence-corrected chi connectivity index (χ4v) is 5.02. The minimum absolute atomic E-state index is 0.0618. The van der Waals surface area contributed by atoms with Gasteiger partial charge < -0.3 is 10.2 Å². The SMILES string of the molecule is CCCCCC(O)CC[C@H]1CCC[C@@H]1CCCCC=C(C)C1(O)CCC1. The molecule has 0 bridgehead atoms. The fraction of sp³-hybridized carbons (Fsp3) is 0.917. The first-order valence-electron chi connectivity index (χ1n) is 11.6. The van der Waals surface area contributed by atoms with Crippen molar-refractivity contribution in [1.29, 1.82) is 0 Å². The lowest BCUT2D eigenvalue weighted by Crippen LogP contribution is -2.37. The molecular formula is C24H44O2. The predicted octanol–water partition coefficient (Wildman–Crippen LogP) is 6.55. The Bertz CT molecular complexity index is 410. The molecule has 0 aliphatic heterocycles. The van der Waals surface area contributed by atoms with Crippen molar-refractivity contribution in [2.24, 2.45) is 11.8 Å². The van der Waals surface area contributed by atoms with Crippen LogP contribution in [0.1, 0.15) is 117 Å². The highest BCUT2D eigenvalue weighted by molar-refractivity contribution is 5.17. The van der Waals surface area contributed by atoms with E-state index in [1.165, 1.54) is 76.2 Å². The number of hydrogen-bond acceptors (Lipinski definition) is 2. The third-order valence-electron chi connectivity index (χ3n) is 7.22. The predicted molar refractivity (Wildman–Crippen MR) is 111 cm³/mol. The maximum Gasteiger partial charge on any atom is 0.0854 e. The van der Waals surface area contributed by atoms with Crippen molar-refractivity contribution in [1.82, 2.24) is 0 Å². The van der Waals surface area contributed by atoms with Crippen LogP contribution in [0.4, 0.5) is 0 Å². The third kappa shape index (κ3) is 7.00. The van der Waals surface area contributed by atoms with E-state index in [0.717, 1.165) is 43.9 Å². The molecule has 0 aromatic rings. The summed E-state index contributed by atoms with van der Waals surface area (Å²) in [7, 11) is 0. The summed E-state index contributed by atoms with van der Waals surface area (Å²) in [4.78, 5) is 0. The second-order valence-electron chi connectivity index (χ2n) is 9.23. The van der Waals surface area contributed by atoms with Gasteiger partial charge in [0.1, 0.15) is 0 Å². The van der Waals surface area contributed by atoms with E-state index >= 15 is 0 Å². The van der Waals surface area contributed by atoms with E-state index in [9.17, 15) is 10.2 Å². The summed E-state index contributed by atoms with van der Waals surface area (Å²) in [6.45, 7) is 4.33. The Morgan fingerprint density at radius 2 is 1.73 bits per heavy atom. The topological polar surface area (TPSA) is 40.5 Å². The number of allylic oxidation sites excluding steroid dienone is 1. The smallest absolute Gasteiger partial charge is 0.0854 e. The molecule has 0 radical (unpaired) electrons. The Morgan fingerprint density at radius 1 is 1.00 bits per heavy atom. The molecule has 2 fully saturated rings. The van der Waals surface area contributed by atoms with Crippen LogP contribution in [0.5, 0.6) is 0 Å². The fourth-order valence-electron chi connectivity index (χ4n) is 5.02. The van der Waals surface area contributed by atoms with Crippen LogP contribution >= 0.6 is 0 Å². The highest BCUT2D eigenvalue weighted by Gasteiger charge is 2.35. The molecule has 2 nitrogen and oxygen atoms in total. The van der Waals surface area contributed by atoms with Crippen LogP contribution in [0.15, 0.2) is 11.6 Å². The first-order chi connectivity index (χ1) is 12.5. The zero-order valence-corrected chi connectivity index (χ0v) is 17.5. The monoisotopic (exact) mass is 364 g/mol. The van der Waals surface area contributed by atoms with Gasteiger partial charge in [0.05, 0.1) is 11.7 Å². The summed E-state index contributed by atoms with van der Waals surface area (Å²) < 4.78 is 0. The van der Waals surface area contributed by atoms with Crippen LogP contribution < -0.4 is 0 Å². The molecule has 2 N–H and O–H groups in total. The van der Waals surface area contributed by atoms with Crippen molar-refractivity contribution in [3.63, 3.8) is 0 Å². The second kappa shape index (κ2) is 11.5. The highest BCUT2D eigenvalue weighted by atomic mass is 16.3. The van der Waals surface area contributed by atoms with Gasteiger partial charge in [0.15, 0.2) is 0 Å². The van der Waals surface area contributed by atoms with Crippen molar-refractivity contribution in [2.75, 3.05) is 0 Å². The van der Waals surface area contributed by atoms with E-state index in [-0.39, 0.29) is 6.10 Å². The molecule has 2 saturated carbocycles. The lowest BCUT2D eigenvalue weighted by molar-refractivity contribution is 0.00239. The molecule has 0 aromatic heterocycles. The number of aliphatic hydroxyl groups is 2. The molecule has 0 saturated heterocycles. The van der Waals surface area contributed by atoms with Crippen LogP contribution in [0, 0.1) is 11.8 Å². The normalized spacial score (nSPS) is 26.7. The first kappa shape index (κ1) is 22.0. The van der Waals surface area contributed by atoms with Crippen LogP contribution in [-0.2, 0) is 0 Å². The van der Waals surface area contributed by atoms with Gasteiger partial charge in [-0.1, -0.05) is 64.4 Å². The minimum atomic E-state index is -0.450. The van der Waals surface area contributed by atoms with Gasteiger partial charge in [-0.3, -0.25) is 0 Å². The molecule has 0 aromatic carbocycles. The van der Waals surface area contributed by atoms with Crippen molar-refractivity contribution >= 4 is 0 Å². The molecule has 152 valence electrons. The van der Waals surface area contributed by atoms with Crippen LogP contribution in [0.2, 0.25) is 0 Å². The zero-order chi connectivity index (χ0) is 18.8. The van der Waals surface area contributed by atoms with E-state index in [2.05, 4.69) is 19.9 Å². The summed E-state index contributed by atoms with van der Waals surface area (Å²) in [5.74, 6) is 1.77. The van der Waals surface area contributed by atoms with Gasteiger partial charge in [0, 0.05) is 0 Å². The third-order valence-corrected chi connectivity index (χ3v) is 7.22. The number of unbranched alkanes of at least 4 members (excludes halogenated alkanes) is 4. The summed E-state index contributed by atoms with van der Waals surface area (Å²) in [6.07, 6.45) is 21.5. The summed E-state index contributed by atoms with van der Waals surface area (Å²) in [5.41, 5.74) is 0.758. The molecular weight excluding hydrogens is 320 g/mol. The van der Waals surface area contributed by atoms with Gasteiger partial charge >= 0.3 is 0 Å². The molecule has 2 heteroatoms. The molecule has 2 rings (SSSR count). The van der Waals surface area contributed by atoms with Crippen molar-refractivity contribution in [3.05, 3.63) is 11.6 Å². The van der Waals surface area contributed by atoms with Gasteiger partial charge in [-0.25, -0.2) is 0 Å². The summed E-state index contributed by atoms with van der Waals surface area (Å²) in [5, 5.41) is 20.5. The van der Waals surface area contributed by atoms with E-state index in [0.29, 0.717) is 0 Å². The lowest BCUT2D eigenvalue weighted by atomic mass is 9.75. The van der Waals surface area contributed by atoms with Crippen molar-refractivity contribution in [2.45, 2.75) is 128 Å². The number of rotatable bonds is 13. The zero-order valence-electron chi connectivity index (χ0n) is 17.5. The van der Waals surface area contributed by atoms with Crippen LogP contribution in [0.3, 0.4) is 0 Å². The molecule has 0 amide bonds. The largest absolute Gasteiger partial charge is 0.393 e. The second-order valence-corrected chi connectivity index (χ2v) is 9.23. The lowest BCUT2D eigenvalue weighted by Gasteiger charge is -2.37. The van der Waals surface area contributed by atoms with Crippen molar-refractivity contribution < 1.29 is 10.2 Å². The van der Waals surface area contributed by atoms with Gasteiger partial charge in [-0.05, 0) is 75.7 Å². The van der Waals surface area contributed by atoms with E-state index in [1.807, 2.05) is 0 Å². The molecule has 1 unspecified atom stereocenters. The van der Waals surface area contributed by atoms with Crippen molar-refractivity contribution in [3.8, 4) is 0 Å². The number of hydrogen-bond donors (Lipinski definition) is 2. The Hall–Kier alpha value is -0.340. The average molecular weight is 365 g/mol. The Kier molecular flexibility index (Phi) is 9.70. The molecule has 26 heavy (non-hydrogen) atoms. The van der Waals surface area contributed by atoms with Gasteiger partial charge in [-0.15, -0.1) is 0 Å². The minimum Gasteiger partial charge on any atom is -0.393 e. The molecule has 0 spiro atoms. The van der Waals surface area contributed by atoms with Gasteiger partial charge in [0.25, 0.3) is 0 Å². The van der Waals surface area contributed by atoms with Gasteiger partial charge in [0.2, 0.25) is 0 Å². The van der Waals surface area contributed by atoms with E-state index in [4.69, 9.17) is 0 Å². The Balaban J connectivity index is 1.57. The Morgan fingerprint density at radius 3 is 2.38 bits per heavy atom. The van der Waals surface area contributed by atoms with Gasteiger partial charge in [-0.2, -0.15) is 0 Å². The quantitative estimate of drug-likeness (QED) is 0.287. The summed E-state index contributed by atoms with van der Waals surface area (Å²) >= 11 is 0. The van der Waals surface area contributed by atoms with Crippen LogP contribution in [-0.4, -0.2) is 21.9 Å². The van der Waals surface area contributed by atoms with Crippen LogP contribution in [0.25, 0.3) is 0 Å². The first-order valence-corrected chi connectivity index (χ1v) is 11.6. The highest BCUT2D eigenvalue weighted by Crippen LogP contribution is 2.39. The Labute approximate surface area is 162 Å². The molecule has 0 heterocycles. The van der Waals surface area contributed by atoms with E-state index in [1.54, 1.807) is 0 Å². The number of aliphatic hydroxyl groups excluding tert-OH is 1. The molecule has 3 atom stereocenters. The van der Waals surface area contributed by atoms with E-state index < -0.39 is 5.60 Å². The standard InChI is InChI=1S/C24H44O2/c1-3-4-6-15-23(25)17-16-22-14-9-13-21(22)12-8-5-7-11-20(2)24(26)18-10-19-24/h11,21-23,25-26H,3-10,12-19H2,1-2H3/t21-,22+,23?/m0/s1. The average Bonchev–Trinajstić information content (AvgIpc) is 3.05. The maximum absolute atomic E-state index is 10.3.